The lowest BCUT2D eigenvalue weighted by Crippen LogP contribution is -2.63. The molecule has 0 saturated carbocycles. The largest absolute Gasteiger partial charge is 0.337 e. The lowest BCUT2D eigenvalue weighted by Gasteiger charge is -2.42. The number of carbonyl (C=O) groups is 3. The van der Waals surface area contributed by atoms with Gasteiger partial charge in [-0.2, -0.15) is 0 Å². The number of rotatable bonds is 5. The third-order valence-electron chi connectivity index (χ3n) is 4.41. The van der Waals surface area contributed by atoms with E-state index in [2.05, 4.69) is 4.72 Å². The highest BCUT2D eigenvalue weighted by Gasteiger charge is 2.43. The van der Waals surface area contributed by atoms with Crippen molar-refractivity contribution in [1.29, 1.82) is 0 Å². The summed E-state index contributed by atoms with van der Waals surface area (Å²) in [5.74, 6) is -0.492. The van der Waals surface area contributed by atoms with Crippen LogP contribution in [0.25, 0.3) is 0 Å². The quantitative estimate of drug-likeness (QED) is 0.775. The van der Waals surface area contributed by atoms with Gasteiger partial charge in [0.25, 0.3) is 5.24 Å². The number of benzene rings is 1. The second kappa shape index (κ2) is 7.01. The summed E-state index contributed by atoms with van der Waals surface area (Å²) in [6.07, 6.45) is 0. The van der Waals surface area contributed by atoms with Crippen molar-refractivity contribution in [1.82, 2.24) is 14.5 Å². The summed E-state index contributed by atoms with van der Waals surface area (Å²) in [4.78, 5) is 38.3. The van der Waals surface area contributed by atoms with Gasteiger partial charge in [-0.3, -0.25) is 19.3 Å². The molecule has 2 fully saturated rings. The van der Waals surface area contributed by atoms with Gasteiger partial charge in [0, 0.05) is 13.1 Å². The number of nitrogens with zero attached hydrogens (tertiary/aromatic N) is 2. The maximum atomic E-state index is 12.4. The van der Waals surface area contributed by atoms with E-state index in [1.54, 1.807) is 26.0 Å². The molecule has 0 aromatic heterocycles. The number of imide groups is 1. The number of aryl methyl sites for hydroxylation is 2. The molecule has 0 unspecified atom stereocenters. The Labute approximate surface area is 156 Å². The second-order valence-electron chi connectivity index (χ2n) is 6.36. The third-order valence-corrected chi connectivity index (χ3v) is 6.79. The van der Waals surface area contributed by atoms with Crippen molar-refractivity contribution in [2.45, 2.75) is 24.8 Å². The summed E-state index contributed by atoms with van der Waals surface area (Å²) in [5.41, 5.74) is 1.41. The van der Waals surface area contributed by atoms with E-state index >= 15 is 0 Å². The zero-order valence-electron chi connectivity index (χ0n) is 14.4. The van der Waals surface area contributed by atoms with E-state index in [-0.39, 0.29) is 53.4 Å². The van der Waals surface area contributed by atoms with Crippen molar-refractivity contribution in [2.24, 2.45) is 0 Å². The van der Waals surface area contributed by atoms with Gasteiger partial charge in [-0.25, -0.2) is 13.1 Å². The van der Waals surface area contributed by atoms with E-state index < -0.39 is 10.0 Å². The SMILES string of the molecule is Cc1ccc(C)c(S(=O)(=O)NCC(=O)N2CC(N3C(=O)CSC3=O)C2)c1. The van der Waals surface area contributed by atoms with Crippen molar-refractivity contribution in [3.63, 3.8) is 0 Å². The van der Waals surface area contributed by atoms with E-state index in [1.165, 1.54) is 9.80 Å². The summed E-state index contributed by atoms with van der Waals surface area (Å²) in [5, 5.41) is -0.289. The Morgan fingerprint density at radius 2 is 1.96 bits per heavy atom. The van der Waals surface area contributed by atoms with Gasteiger partial charge in [0.1, 0.15) is 0 Å². The van der Waals surface area contributed by atoms with Crippen LogP contribution in [0.15, 0.2) is 23.1 Å². The molecule has 3 amide bonds. The zero-order chi connectivity index (χ0) is 19.1. The summed E-state index contributed by atoms with van der Waals surface area (Å²) in [6.45, 7) is 3.60. The van der Waals surface area contributed by atoms with Crippen LogP contribution in [0.3, 0.4) is 0 Å². The van der Waals surface area contributed by atoms with Gasteiger partial charge in [-0.05, 0) is 31.0 Å². The van der Waals surface area contributed by atoms with Crippen molar-refractivity contribution in [3.05, 3.63) is 29.3 Å². The average Bonchev–Trinajstić information content (AvgIpc) is 2.86. The van der Waals surface area contributed by atoms with Crippen molar-refractivity contribution in [2.75, 3.05) is 25.4 Å². The maximum absolute atomic E-state index is 12.4. The second-order valence-corrected chi connectivity index (χ2v) is 9.03. The molecule has 2 aliphatic rings. The fourth-order valence-corrected chi connectivity index (χ4v) is 4.96. The number of thioether (sulfide) groups is 1. The fourth-order valence-electron chi connectivity index (χ4n) is 2.88. The molecule has 2 heterocycles. The van der Waals surface area contributed by atoms with Crippen LogP contribution in [-0.4, -0.2) is 66.7 Å². The van der Waals surface area contributed by atoms with Gasteiger partial charge in [0.15, 0.2) is 0 Å². The lowest BCUT2D eigenvalue weighted by atomic mass is 10.1. The molecule has 0 bridgehead atoms. The average molecular weight is 397 g/mol. The normalized spacial score (nSPS) is 18.4. The minimum absolute atomic E-state index is 0.138. The lowest BCUT2D eigenvalue weighted by molar-refractivity contribution is -0.141. The Balaban J connectivity index is 1.56. The van der Waals surface area contributed by atoms with Crippen LogP contribution < -0.4 is 4.72 Å². The monoisotopic (exact) mass is 397 g/mol. The highest BCUT2D eigenvalue weighted by molar-refractivity contribution is 8.14. The minimum atomic E-state index is -3.79. The molecule has 2 aliphatic heterocycles. The topological polar surface area (TPSA) is 104 Å². The van der Waals surface area contributed by atoms with Crippen LogP contribution in [0.2, 0.25) is 0 Å². The molecule has 0 spiro atoms. The van der Waals surface area contributed by atoms with Gasteiger partial charge in [-0.15, -0.1) is 0 Å². The van der Waals surface area contributed by atoms with E-state index in [1.807, 2.05) is 6.07 Å². The van der Waals surface area contributed by atoms with Gasteiger partial charge < -0.3 is 4.90 Å². The summed E-state index contributed by atoms with van der Waals surface area (Å²) >= 11 is 0.957. The van der Waals surface area contributed by atoms with Crippen molar-refractivity contribution >= 4 is 38.8 Å². The summed E-state index contributed by atoms with van der Waals surface area (Å²) < 4.78 is 27.2. The summed E-state index contributed by atoms with van der Waals surface area (Å²) in [7, 11) is -3.79. The number of hydrogen-bond acceptors (Lipinski definition) is 6. The molecule has 26 heavy (non-hydrogen) atoms. The van der Waals surface area contributed by atoms with Gasteiger partial charge in [0.05, 0.1) is 23.2 Å². The van der Waals surface area contributed by atoms with E-state index in [0.29, 0.717) is 5.56 Å². The molecule has 1 aromatic rings. The molecule has 0 atom stereocenters. The molecule has 3 rings (SSSR count). The molecular formula is C16H19N3O5S2. The predicted octanol–water partition coefficient (Wildman–Crippen LogP) is 0.488. The van der Waals surface area contributed by atoms with Gasteiger partial charge >= 0.3 is 0 Å². The molecular weight excluding hydrogens is 378 g/mol. The number of carbonyl (C=O) groups excluding carboxylic acids is 3. The Morgan fingerprint density at radius 1 is 1.27 bits per heavy atom. The third kappa shape index (κ3) is 3.62. The van der Waals surface area contributed by atoms with Crippen LogP contribution in [0.1, 0.15) is 11.1 Å². The number of amides is 3. The molecule has 1 aromatic carbocycles. The number of likely N-dealkylation sites (tertiary alicyclic amines) is 1. The van der Waals surface area contributed by atoms with Crippen molar-refractivity contribution in [3.8, 4) is 0 Å². The Morgan fingerprint density at radius 3 is 2.58 bits per heavy atom. The van der Waals surface area contributed by atoms with Crippen molar-refractivity contribution < 1.29 is 22.8 Å². The molecule has 1 N–H and O–H groups in total. The highest BCUT2D eigenvalue weighted by atomic mass is 32.2. The fraction of sp³-hybridized carbons (Fsp3) is 0.438. The Bertz CT molecular complexity index is 862. The molecule has 8 nitrogen and oxygen atoms in total. The molecule has 0 radical (unpaired) electrons. The minimum Gasteiger partial charge on any atom is -0.337 e. The molecule has 2 saturated heterocycles. The Kier molecular flexibility index (Phi) is 5.09. The maximum Gasteiger partial charge on any atom is 0.289 e. The first-order valence-electron chi connectivity index (χ1n) is 8.02. The molecule has 140 valence electrons. The molecule has 10 heteroatoms. The van der Waals surface area contributed by atoms with Crippen LogP contribution in [0.4, 0.5) is 4.79 Å². The highest BCUT2D eigenvalue weighted by Crippen LogP contribution is 2.26. The number of sulfonamides is 1. The van der Waals surface area contributed by atoms with Gasteiger partial charge in [-0.1, -0.05) is 23.9 Å². The number of nitrogens with one attached hydrogen (secondary N) is 1. The van der Waals surface area contributed by atoms with E-state index in [0.717, 1.165) is 17.3 Å². The van der Waals surface area contributed by atoms with Crippen LogP contribution >= 0.6 is 11.8 Å². The first kappa shape index (κ1) is 18.9. The van der Waals surface area contributed by atoms with Crippen LogP contribution in [0, 0.1) is 13.8 Å². The molecule has 0 aliphatic carbocycles. The standard InChI is InChI=1S/C16H19N3O5S2/c1-10-3-4-11(2)13(5-10)26(23,24)17-6-14(20)18-7-12(8-18)19-15(21)9-25-16(19)22/h3-5,12,17H,6-9H2,1-2H3. The van der Waals surface area contributed by atoms with Gasteiger partial charge in [0.2, 0.25) is 21.8 Å². The number of hydrogen-bond donors (Lipinski definition) is 1. The summed E-state index contributed by atoms with van der Waals surface area (Å²) in [6, 6.07) is 4.78. The van der Waals surface area contributed by atoms with Crippen LogP contribution in [-0.2, 0) is 19.6 Å². The van der Waals surface area contributed by atoms with E-state index in [9.17, 15) is 22.8 Å². The van der Waals surface area contributed by atoms with Crippen LogP contribution in [0.5, 0.6) is 0 Å². The smallest absolute Gasteiger partial charge is 0.289 e. The zero-order valence-corrected chi connectivity index (χ0v) is 16.0. The Hall–Kier alpha value is -1.91. The first-order valence-corrected chi connectivity index (χ1v) is 10.5. The first-order chi connectivity index (χ1) is 12.2. The predicted molar refractivity (Wildman–Crippen MR) is 96.2 cm³/mol. The van der Waals surface area contributed by atoms with E-state index in [4.69, 9.17) is 0 Å².